The molecule has 1 aromatic heterocycles. The van der Waals surface area contributed by atoms with Crippen LogP contribution >= 0.6 is 0 Å². The molecule has 0 radical (unpaired) electrons. The molecule has 0 aliphatic heterocycles. The smallest absolute Gasteiger partial charge is 0.251 e. The van der Waals surface area contributed by atoms with Crippen molar-refractivity contribution in [3.05, 3.63) is 74.7 Å². The van der Waals surface area contributed by atoms with Crippen molar-refractivity contribution in [3.63, 3.8) is 0 Å². The first-order valence-corrected chi connectivity index (χ1v) is 7.08. The van der Waals surface area contributed by atoms with Gasteiger partial charge in [-0.25, -0.2) is 0 Å². The lowest BCUT2D eigenvalue weighted by Gasteiger charge is -2.04. The molecule has 0 unspecified atom stereocenters. The van der Waals surface area contributed by atoms with Crippen LogP contribution in [0.3, 0.4) is 0 Å². The average molecular weight is 284 g/mol. The molecule has 0 amide bonds. The number of hydrogen-bond acceptors (Lipinski definition) is 2. The fourth-order valence-electron chi connectivity index (χ4n) is 2.61. The van der Waals surface area contributed by atoms with Crippen LogP contribution in [0.25, 0.3) is 6.08 Å². The normalized spacial score (nSPS) is 11.7. The Morgan fingerprint density at radius 2 is 1.95 bits per heavy atom. The first kappa shape index (κ1) is 15.0. The Morgan fingerprint density at radius 3 is 2.48 bits per heavy atom. The molecule has 110 valence electrons. The average Bonchev–Trinajstić information content (AvgIpc) is 2.73. The second kappa shape index (κ2) is 6.39. The molecule has 0 fully saturated rings. The third kappa shape index (κ3) is 3.40. The van der Waals surface area contributed by atoms with E-state index in [1.165, 1.54) is 0 Å². The summed E-state index contributed by atoms with van der Waals surface area (Å²) >= 11 is 0. The Kier molecular flexibility index (Phi) is 4.58. The van der Waals surface area contributed by atoms with Gasteiger partial charge < -0.3 is 4.57 Å². The topological polar surface area (TPSA) is 48.1 Å². The summed E-state index contributed by atoms with van der Waals surface area (Å²) < 4.78 is 2.16. The van der Waals surface area contributed by atoms with Crippen LogP contribution in [-0.2, 0) is 13.0 Å². The predicted molar refractivity (Wildman–Crippen MR) is 84.7 cm³/mol. The van der Waals surface area contributed by atoms with Gasteiger partial charge in [0.05, 0.1) is 11.3 Å². The van der Waals surface area contributed by atoms with Gasteiger partial charge in [-0.05, 0) is 32.4 Å². The first-order valence-electron chi connectivity index (χ1n) is 7.08. The number of allylic oxidation sites excluding steroid dienone is 1. The van der Waals surface area contributed by atoms with Crippen LogP contribution in [0.15, 0.2) is 42.1 Å². The molecule has 0 saturated heterocycles. The van der Waals surface area contributed by atoms with Crippen LogP contribution in [0, 0.1) is 24.0 Å². The van der Waals surface area contributed by atoms with E-state index in [1.54, 1.807) is 6.08 Å². The molecule has 4 nitrogen and oxygen atoms in total. The van der Waals surface area contributed by atoms with E-state index < -0.39 is 0 Å². The van der Waals surface area contributed by atoms with Crippen molar-refractivity contribution in [2.75, 3.05) is 0 Å². The van der Waals surface area contributed by atoms with Crippen molar-refractivity contribution < 1.29 is 4.92 Å². The summed E-state index contributed by atoms with van der Waals surface area (Å²) in [6.45, 7) is 6.98. The Morgan fingerprint density at radius 1 is 1.29 bits per heavy atom. The molecule has 1 aromatic carbocycles. The number of nitro groups is 1. The monoisotopic (exact) mass is 284 g/mol. The van der Waals surface area contributed by atoms with E-state index in [0.29, 0.717) is 6.42 Å². The summed E-state index contributed by atoms with van der Waals surface area (Å²) in [7, 11) is 0. The largest absolute Gasteiger partial charge is 0.349 e. The van der Waals surface area contributed by atoms with Crippen molar-refractivity contribution in [2.45, 2.75) is 33.7 Å². The van der Waals surface area contributed by atoms with Crippen LogP contribution in [0.5, 0.6) is 0 Å². The molecule has 0 aliphatic rings. The fourth-order valence-corrected chi connectivity index (χ4v) is 2.61. The molecule has 0 saturated carbocycles. The van der Waals surface area contributed by atoms with Gasteiger partial charge in [0.25, 0.3) is 5.70 Å². The second-order valence-corrected chi connectivity index (χ2v) is 5.13. The van der Waals surface area contributed by atoms with Gasteiger partial charge >= 0.3 is 0 Å². The molecule has 4 heteroatoms. The van der Waals surface area contributed by atoms with E-state index in [9.17, 15) is 10.1 Å². The van der Waals surface area contributed by atoms with Crippen molar-refractivity contribution in [2.24, 2.45) is 0 Å². The zero-order valence-electron chi connectivity index (χ0n) is 12.7. The molecule has 2 aromatic rings. The van der Waals surface area contributed by atoms with E-state index in [4.69, 9.17) is 0 Å². The number of rotatable bonds is 5. The third-order valence-electron chi connectivity index (χ3n) is 3.71. The second-order valence-electron chi connectivity index (χ2n) is 5.13. The first-order chi connectivity index (χ1) is 10.0. The van der Waals surface area contributed by atoms with E-state index in [1.807, 2.05) is 50.2 Å². The Balaban J connectivity index is 2.36. The zero-order valence-corrected chi connectivity index (χ0v) is 12.7. The van der Waals surface area contributed by atoms with Gasteiger partial charge in [-0.3, -0.25) is 10.1 Å². The lowest BCUT2D eigenvalue weighted by Crippen LogP contribution is -2.03. The van der Waals surface area contributed by atoms with Crippen molar-refractivity contribution in [3.8, 4) is 0 Å². The predicted octanol–water partition coefficient (Wildman–Crippen LogP) is 3.99. The van der Waals surface area contributed by atoms with E-state index in [0.717, 1.165) is 29.1 Å². The zero-order chi connectivity index (χ0) is 15.4. The summed E-state index contributed by atoms with van der Waals surface area (Å²) in [5.74, 6) is 0. The Bertz CT molecular complexity index is 670. The number of nitrogens with zero attached hydrogens (tertiary/aromatic N) is 2. The molecule has 0 aliphatic carbocycles. The third-order valence-corrected chi connectivity index (χ3v) is 3.71. The van der Waals surface area contributed by atoms with Crippen molar-refractivity contribution in [1.29, 1.82) is 0 Å². The number of aromatic nitrogens is 1. The minimum absolute atomic E-state index is 0.220. The van der Waals surface area contributed by atoms with Gasteiger partial charge in [0.2, 0.25) is 0 Å². The van der Waals surface area contributed by atoms with E-state index in [-0.39, 0.29) is 10.6 Å². The van der Waals surface area contributed by atoms with Gasteiger partial charge in [0.15, 0.2) is 0 Å². The van der Waals surface area contributed by atoms with Crippen LogP contribution < -0.4 is 0 Å². The molecular formula is C17H20N2O2. The van der Waals surface area contributed by atoms with Crippen LogP contribution in [0.1, 0.15) is 29.4 Å². The maximum Gasteiger partial charge on any atom is 0.251 e. The van der Waals surface area contributed by atoms with Crippen molar-refractivity contribution in [1.82, 2.24) is 4.57 Å². The summed E-state index contributed by atoms with van der Waals surface area (Å²) in [6.07, 6.45) is 2.03. The van der Waals surface area contributed by atoms with Crippen molar-refractivity contribution >= 4 is 6.08 Å². The summed E-state index contributed by atoms with van der Waals surface area (Å²) in [5.41, 5.74) is 4.30. The summed E-state index contributed by atoms with van der Waals surface area (Å²) in [6, 6.07) is 11.5. The quantitative estimate of drug-likeness (QED) is 0.615. The number of hydrogen-bond donors (Lipinski definition) is 0. The maximum absolute atomic E-state index is 11.3. The van der Waals surface area contributed by atoms with Gasteiger partial charge in [-0.1, -0.05) is 30.3 Å². The Hall–Kier alpha value is -2.36. The minimum Gasteiger partial charge on any atom is -0.349 e. The van der Waals surface area contributed by atoms with Gasteiger partial charge in [0, 0.05) is 29.6 Å². The maximum atomic E-state index is 11.3. The van der Waals surface area contributed by atoms with E-state index in [2.05, 4.69) is 11.5 Å². The highest BCUT2D eigenvalue weighted by atomic mass is 16.6. The highest BCUT2D eigenvalue weighted by molar-refractivity contribution is 5.56. The number of benzene rings is 1. The van der Waals surface area contributed by atoms with Crippen LogP contribution in [-0.4, -0.2) is 9.49 Å². The molecule has 0 bridgehead atoms. The highest BCUT2D eigenvalue weighted by Crippen LogP contribution is 2.20. The highest BCUT2D eigenvalue weighted by Gasteiger charge is 2.14. The van der Waals surface area contributed by atoms with Gasteiger partial charge in [0.1, 0.15) is 0 Å². The molecule has 2 rings (SSSR count). The minimum atomic E-state index is -0.287. The molecule has 0 atom stereocenters. The summed E-state index contributed by atoms with van der Waals surface area (Å²) in [5, 5.41) is 11.3. The fraction of sp³-hybridized carbons (Fsp3) is 0.294. The van der Waals surface area contributed by atoms with E-state index >= 15 is 0 Å². The molecule has 1 heterocycles. The molecule has 21 heavy (non-hydrogen) atoms. The molecular weight excluding hydrogens is 264 g/mol. The molecule has 0 spiro atoms. The van der Waals surface area contributed by atoms with Crippen LogP contribution in [0.2, 0.25) is 0 Å². The van der Waals surface area contributed by atoms with Gasteiger partial charge in [-0.15, -0.1) is 0 Å². The number of aryl methyl sites for hydroxylation is 1. The summed E-state index contributed by atoms with van der Waals surface area (Å²) in [4.78, 5) is 11.0. The van der Waals surface area contributed by atoms with Crippen LogP contribution in [0.4, 0.5) is 0 Å². The molecule has 0 N–H and O–H groups in total. The lowest BCUT2D eigenvalue weighted by molar-refractivity contribution is -0.425. The standard InChI is InChI=1S/C17H20N2O2/c1-4-18-13(2)10-16(14(18)3)12-17(19(20)21)11-15-8-6-5-7-9-15/h5-10,12H,4,11H2,1-3H3. The van der Waals surface area contributed by atoms with Gasteiger partial charge in [-0.2, -0.15) is 0 Å². The SMILES string of the molecule is CCn1c(C)cc(C=C(Cc2ccccc2)[N+](=O)[O-])c1C. The Labute approximate surface area is 124 Å². The lowest BCUT2D eigenvalue weighted by atomic mass is 10.1.